The van der Waals surface area contributed by atoms with E-state index in [9.17, 15) is 10.2 Å². The maximum absolute atomic E-state index is 10.0. The summed E-state index contributed by atoms with van der Waals surface area (Å²) >= 11 is 0. The van der Waals surface area contributed by atoms with Crippen LogP contribution < -0.4 is 0 Å². The highest BCUT2D eigenvalue weighted by Crippen LogP contribution is 2.13. The zero-order valence-corrected chi connectivity index (χ0v) is 14.2. The van der Waals surface area contributed by atoms with Crippen molar-refractivity contribution in [3.8, 4) is 0 Å². The van der Waals surface area contributed by atoms with Gasteiger partial charge in [-0.3, -0.25) is 0 Å². The molecular weight excluding hydrogens is 262 g/mol. The molecule has 0 aromatic carbocycles. The number of methoxy groups -OCH3 is 1. The van der Waals surface area contributed by atoms with Crippen molar-refractivity contribution >= 4 is 13.8 Å². The lowest BCUT2D eigenvalue weighted by Gasteiger charge is -2.26. The highest BCUT2D eigenvalue weighted by Gasteiger charge is 2.30. The van der Waals surface area contributed by atoms with Gasteiger partial charge >= 0.3 is 0 Å². The molecule has 0 unspecified atom stereocenters. The van der Waals surface area contributed by atoms with Gasteiger partial charge in [0.1, 0.15) is 24.1 Å². The number of aliphatic hydroxyl groups excluding tert-OH is 2. The molecule has 0 rings (SSSR count). The molecule has 0 aromatic rings. The zero-order valence-electron chi connectivity index (χ0n) is 13.2. The van der Waals surface area contributed by atoms with E-state index in [1.807, 2.05) is 13.8 Å². The van der Waals surface area contributed by atoms with E-state index in [4.69, 9.17) is 9.57 Å². The van der Waals surface area contributed by atoms with Crippen LogP contribution in [0, 0.1) is 5.92 Å². The molecule has 0 aliphatic rings. The molecule has 0 bridgehead atoms. The van der Waals surface area contributed by atoms with Gasteiger partial charge in [0.05, 0.1) is 14.2 Å². The molecule has 0 aliphatic carbocycles. The third-order valence-corrected chi connectivity index (χ3v) is 3.57. The first-order chi connectivity index (χ1) is 8.60. The Morgan fingerprint density at radius 2 is 1.68 bits per heavy atom. The van der Waals surface area contributed by atoms with E-state index in [1.54, 1.807) is 7.11 Å². The lowest BCUT2D eigenvalue weighted by atomic mass is 9.96. The molecule has 0 amide bonds. The summed E-state index contributed by atoms with van der Waals surface area (Å²) in [6.45, 7) is 12.0. The Balaban J connectivity index is 5.00. The number of rotatable bonds is 8. The van der Waals surface area contributed by atoms with Crippen LogP contribution in [0.25, 0.3) is 0 Å². The van der Waals surface area contributed by atoms with Crippen LogP contribution in [0.5, 0.6) is 0 Å². The highest BCUT2D eigenvalue weighted by atomic mass is 28.3. The first kappa shape index (κ1) is 18.6. The van der Waals surface area contributed by atoms with Crippen molar-refractivity contribution in [2.45, 2.75) is 58.7 Å². The van der Waals surface area contributed by atoms with Crippen LogP contribution in [0.3, 0.4) is 0 Å². The van der Waals surface area contributed by atoms with E-state index in [-0.39, 0.29) is 12.0 Å². The van der Waals surface area contributed by atoms with E-state index >= 15 is 0 Å². The Morgan fingerprint density at radius 3 is 2.00 bits per heavy atom. The molecule has 3 atom stereocenters. The van der Waals surface area contributed by atoms with Crippen LogP contribution in [0.4, 0.5) is 0 Å². The maximum Gasteiger partial charge on any atom is 0.124 e. The van der Waals surface area contributed by atoms with Crippen LogP contribution in [-0.2, 0) is 9.57 Å². The Hall–Kier alpha value is -0.433. The van der Waals surface area contributed by atoms with Crippen molar-refractivity contribution in [2.75, 3.05) is 13.3 Å². The Labute approximate surface area is 117 Å². The number of ether oxygens (including phenoxy) is 1. The van der Waals surface area contributed by atoms with Gasteiger partial charge in [-0.15, -0.1) is 0 Å². The minimum atomic E-state index is -1.37. The quantitative estimate of drug-likeness (QED) is 0.405. The van der Waals surface area contributed by atoms with Crippen LogP contribution in [0.1, 0.15) is 20.8 Å². The molecule has 0 saturated carbocycles. The van der Waals surface area contributed by atoms with Gasteiger partial charge in [0, 0.05) is 7.11 Å². The van der Waals surface area contributed by atoms with Crippen molar-refractivity contribution in [1.82, 2.24) is 0 Å². The summed E-state index contributed by atoms with van der Waals surface area (Å²) in [6, 6.07) is 0. The molecule has 0 saturated heterocycles. The predicted octanol–water partition coefficient (Wildman–Crippen LogP) is 1.65. The number of hydrogen-bond acceptors (Lipinski definition) is 5. The van der Waals surface area contributed by atoms with E-state index in [0.29, 0.717) is 11.9 Å². The fraction of sp³-hybridized carbons (Fsp3) is 0.923. The molecule has 19 heavy (non-hydrogen) atoms. The molecule has 5 nitrogen and oxygen atoms in total. The van der Waals surface area contributed by atoms with Crippen molar-refractivity contribution in [3.63, 3.8) is 0 Å². The van der Waals surface area contributed by atoms with Crippen molar-refractivity contribution in [2.24, 2.45) is 11.1 Å². The van der Waals surface area contributed by atoms with Gasteiger partial charge in [-0.05, 0) is 12.8 Å². The van der Waals surface area contributed by atoms with Crippen molar-refractivity contribution in [3.05, 3.63) is 0 Å². The number of oxime groups is 1. The molecule has 114 valence electrons. The molecule has 6 heteroatoms. The summed E-state index contributed by atoms with van der Waals surface area (Å²) in [5, 5.41) is 23.6. The summed E-state index contributed by atoms with van der Waals surface area (Å²) in [4.78, 5) is 5.36. The third kappa shape index (κ3) is 7.05. The van der Waals surface area contributed by atoms with Gasteiger partial charge in [-0.25, -0.2) is 0 Å². The Morgan fingerprint density at radius 1 is 1.16 bits per heavy atom. The van der Waals surface area contributed by atoms with Gasteiger partial charge in [0.15, 0.2) is 0 Å². The largest absolute Gasteiger partial charge is 0.400 e. The first-order valence-electron chi connectivity index (χ1n) is 6.68. The van der Waals surface area contributed by atoms with E-state index < -0.39 is 20.3 Å². The van der Waals surface area contributed by atoms with Crippen LogP contribution in [0.2, 0.25) is 19.6 Å². The normalized spacial score (nSPS) is 18.3. The minimum absolute atomic E-state index is 0.132. The molecule has 0 spiro atoms. The van der Waals surface area contributed by atoms with Crippen LogP contribution >= 0.6 is 0 Å². The second kappa shape index (κ2) is 7.99. The SMILES string of the molecule is CO[C@H](/C(=N\OC[Si](C)(C)C)[C@@H](O)[C@@H](C)O)C(C)C. The summed E-state index contributed by atoms with van der Waals surface area (Å²) < 4.78 is 5.36. The Bertz CT molecular complexity index is 287. The average Bonchev–Trinajstić information content (AvgIpc) is 2.24. The predicted molar refractivity (Wildman–Crippen MR) is 80.1 cm³/mol. The lowest BCUT2D eigenvalue weighted by Crippen LogP contribution is -2.43. The lowest BCUT2D eigenvalue weighted by molar-refractivity contribution is 0.0465. The summed E-state index contributed by atoms with van der Waals surface area (Å²) in [5.74, 6) is 0.132. The molecule has 0 fully saturated rings. The molecule has 0 aromatic heterocycles. The molecular formula is C13H29NO4Si. The van der Waals surface area contributed by atoms with Gasteiger partial charge < -0.3 is 19.8 Å². The Kier molecular flexibility index (Phi) is 7.81. The van der Waals surface area contributed by atoms with Crippen molar-refractivity contribution < 1.29 is 19.8 Å². The topological polar surface area (TPSA) is 71.3 Å². The minimum Gasteiger partial charge on any atom is -0.400 e. The van der Waals surface area contributed by atoms with E-state index in [1.165, 1.54) is 6.92 Å². The summed E-state index contributed by atoms with van der Waals surface area (Å²) in [5.41, 5.74) is 0.353. The summed E-state index contributed by atoms with van der Waals surface area (Å²) in [6.07, 6.45) is -1.79. The number of hydrogen-bond donors (Lipinski definition) is 2. The molecule has 0 radical (unpaired) electrons. The highest BCUT2D eigenvalue weighted by molar-refractivity contribution is 6.76. The average molecular weight is 291 g/mol. The second-order valence-electron chi connectivity index (χ2n) is 6.44. The van der Waals surface area contributed by atoms with Gasteiger partial charge in [-0.1, -0.05) is 38.6 Å². The zero-order chi connectivity index (χ0) is 15.2. The standard InChI is InChI=1S/C13H29NO4Si/c1-9(2)13(17-4)11(12(16)10(3)15)14-18-8-19(5,6)7/h9-10,12-13,15-16H,8H2,1-7H3/b14-11-/t10-,12+,13+/m1/s1. The molecule has 0 aliphatic heterocycles. The second-order valence-corrected chi connectivity index (χ2v) is 11.8. The summed E-state index contributed by atoms with van der Waals surface area (Å²) in [7, 11) is 0.191. The monoisotopic (exact) mass is 291 g/mol. The van der Waals surface area contributed by atoms with E-state index in [2.05, 4.69) is 24.8 Å². The molecule has 0 heterocycles. The fourth-order valence-corrected chi connectivity index (χ4v) is 2.01. The van der Waals surface area contributed by atoms with Crippen molar-refractivity contribution in [1.29, 1.82) is 0 Å². The third-order valence-electron chi connectivity index (χ3n) is 2.58. The smallest absolute Gasteiger partial charge is 0.124 e. The first-order valence-corrected chi connectivity index (χ1v) is 10.4. The van der Waals surface area contributed by atoms with Crippen LogP contribution in [-0.4, -0.2) is 55.7 Å². The molecule has 2 N–H and O–H groups in total. The fourth-order valence-electron chi connectivity index (χ4n) is 1.56. The number of nitrogens with zero attached hydrogens (tertiary/aromatic N) is 1. The van der Waals surface area contributed by atoms with E-state index in [0.717, 1.165) is 0 Å². The number of aliphatic hydroxyl groups is 2. The van der Waals surface area contributed by atoms with Gasteiger partial charge in [-0.2, -0.15) is 0 Å². The van der Waals surface area contributed by atoms with Gasteiger partial charge in [0.25, 0.3) is 0 Å². The maximum atomic E-state index is 10.0. The van der Waals surface area contributed by atoms with Gasteiger partial charge in [0.2, 0.25) is 0 Å². The van der Waals surface area contributed by atoms with Crippen LogP contribution in [0.15, 0.2) is 5.16 Å².